The van der Waals surface area contributed by atoms with Crippen molar-refractivity contribution in [3.8, 4) is 0 Å². The van der Waals surface area contributed by atoms with E-state index >= 15 is 0 Å². The summed E-state index contributed by atoms with van der Waals surface area (Å²) in [7, 11) is 1.63. The maximum Gasteiger partial charge on any atom is 1.00 e. The Bertz CT molecular complexity index is 2490. The van der Waals surface area contributed by atoms with E-state index < -0.39 is 22.0 Å². The van der Waals surface area contributed by atoms with Gasteiger partial charge in [0.25, 0.3) is 10.1 Å². The summed E-state index contributed by atoms with van der Waals surface area (Å²) < 4.78 is 34.2. The van der Waals surface area contributed by atoms with Gasteiger partial charge in [-0.1, -0.05) is 210 Å². The summed E-state index contributed by atoms with van der Waals surface area (Å²) >= 11 is 9.53. The fourth-order valence-corrected chi connectivity index (χ4v) is 7.17. The molecule has 19 heteroatoms. The number of rotatable bonds is 14. The van der Waals surface area contributed by atoms with E-state index in [-0.39, 0.29) is 78.3 Å². The fraction of sp³-hybridized carbons (Fsp3) is 0.362. The molecule has 0 bridgehead atoms. The summed E-state index contributed by atoms with van der Waals surface area (Å²) in [6.45, 7) is 14.2. The second-order valence-electron chi connectivity index (χ2n) is 16.8. The predicted molar refractivity (Wildman–Crippen MR) is 314 cm³/mol. The maximum absolute atomic E-state index is 12.1. The van der Waals surface area contributed by atoms with E-state index in [4.69, 9.17) is 72.5 Å². The van der Waals surface area contributed by atoms with Crippen molar-refractivity contribution in [2.45, 2.75) is 102 Å². The first kappa shape index (κ1) is 76.1. The van der Waals surface area contributed by atoms with E-state index in [0.717, 1.165) is 42.7 Å². The molecule has 1 heterocycles. The first-order valence-electron chi connectivity index (χ1n) is 24.2. The first-order chi connectivity index (χ1) is 36.0. The van der Waals surface area contributed by atoms with Crippen molar-refractivity contribution in [3.05, 3.63) is 236 Å². The number of alkyl halides is 2. The number of azide groups is 1. The van der Waals surface area contributed by atoms with Gasteiger partial charge in [0.15, 0.2) is 0 Å². The zero-order chi connectivity index (χ0) is 56.3. The molecule has 0 aromatic heterocycles. The fourth-order valence-electron chi connectivity index (χ4n) is 6.18. The number of nitrogens with two attached hydrogens (primary N) is 1. The molecular weight excluding hydrogens is 1040 g/mol. The number of benzene rings is 6. The van der Waals surface area contributed by atoms with E-state index in [2.05, 4.69) is 29.1 Å². The van der Waals surface area contributed by atoms with Gasteiger partial charge in [-0.05, 0) is 90.6 Å². The summed E-state index contributed by atoms with van der Waals surface area (Å²) in [5, 5.41) is 21.1. The number of halogens is 2. The Hall–Kier alpha value is -5.16. The van der Waals surface area contributed by atoms with Crippen molar-refractivity contribution in [1.82, 2.24) is 0 Å². The van der Waals surface area contributed by atoms with Gasteiger partial charge in [0.1, 0.15) is 7.85 Å². The van der Waals surface area contributed by atoms with Crippen LogP contribution in [0.1, 0.15) is 118 Å². The van der Waals surface area contributed by atoms with Gasteiger partial charge in [-0.3, -0.25) is 13.9 Å². The average molecular weight is 1120 g/mol. The van der Waals surface area contributed by atoms with Gasteiger partial charge in [-0.25, -0.2) is 0 Å². The molecule has 0 saturated carbocycles. The normalized spacial score (nSPS) is 13.4. The molecule has 6 aromatic rings. The number of hydrogen-bond acceptors (Lipinski definition) is 8. The van der Waals surface area contributed by atoms with E-state index in [0.29, 0.717) is 18.4 Å². The second kappa shape index (κ2) is 48.0. The van der Waals surface area contributed by atoms with Crippen LogP contribution in [0.3, 0.4) is 0 Å². The number of carboxylic acid groups (broad SMARTS) is 1. The number of ether oxygens (including phenoxy) is 1. The van der Waals surface area contributed by atoms with Gasteiger partial charge in [-0.2, -0.15) is 8.42 Å². The predicted octanol–water partition coefficient (Wildman–Crippen LogP) is 12.2. The summed E-state index contributed by atoms with van der Waals surface area (Å²) in [6, 6.07) is 56.0. The molecule has 0 spiro atoms. The Morgan fingerprint density at radius 2 is 1.06 bits per heavy atom. The molecule has 1 aliphatic heterocycles. The van der Waals surface area contributed by atoms with E-state index in [9.17, 15) is 13.2 Å². The largest absolute Gasteiger partial charge is 1.00 e. The van der Waals surface area contributed by atoms with Crippen LogP contribution in [0, 0.1) is 6.92 Å². The van der Waals surface area contributed by atoms with Gasteiger partial charge in [0, 0.05) is 42.5 Å². The number of nitrogens with zero attached hydrogens (tertiary/aromatic N) is 6. The Balaban J connectivity index is -0.000000856. The molecule has 6 unspecified atom stereocenters. The minimum Gasteiger partial charge on any atom is -0.481 e. The van der Waals surface area contributed by atoms with Crippen LogP contribution in [0.15, 0.2) is 186 Å². The summed E-state index contributed by atoms with van der Waals surface area (Å²) in [4.78, 5) is 14.9. The molecule has 1 fully saturated rings. The van der Waals surface area contributed by atoms with Crippen LogP contribution in [0.2, 0.25) is 0 Å². The third-order valence-corrected chi connectivity index (χ3v) is 12.2. The number of hydrogen-bond donors (Lipinski definition) is 3. The van der Waals surface area contributed by atoms with Crippen molar-refractivity contribution >= 4 is 47.1 Å². The Labute approximate surface area is 492 Å². The standard InChI is InChI=1S/C16H18O3S.C9H11N3.C9H13N.C9H10O2.C9H12O.C4H7BO.CH2Cl2.CH4.N3.Na/c1-13-8-10-16(11-9-13)20(17,18)19-12-14(2)15-6-4-3-5-7-15;1-8(7-11-12-10)9-5-3-2-4-6-9;1-8(7-10)9-5-3-2-4-6-9;1-7(9(10)11)8-5-3-2-4-6-8;1-8(7-10)9-5-3-2-4-6-9;5-4-2-1-3-6-4;2-1-3;;1-3-2;/h3-11,14H,12H2,1-2H3;2-6,8H,7H2,1H3;2-6,8H,7,10H2,1H3;2-7H,1H3,(H,10,11);2-6,8,10H,7H2,1H3;4H,1-3H2;1H2;1H4;;/q;;;;;;;;-1;+1. The number of aliphatic hydroxyl groups excluding tert-OH is 1. The zero-order valence-corrected chi connectivity index (χ0v) is 49.1. The van der Waals surface area contributed by atoms with Crippen LogP contribution in [0.5, 0.6) is 0 Å². The minimum absolute atomic E-state index is 0. The quantitative estimate of drug-likeness (QED) is 0.0236. The smallest absolute Gasteiger partial charge is 0.481 e. The Morgan fingerprint density at radius 3 is 1.38 bits per heavy atom. The molecule has 77 heavy (non-hydrogen) atoms. The SMILES string of the molecule is C.CC(C(=O)O)c1ccccc1.CC(CN)c1ccccc1.CC(CN=[N+]=[N-])c1ccccc1.CC(CO)c1ccccc1.Cc1ccc(S(=O)(=O)OCC(C)c2ccccc2)cc1.ClCCl.[B]C1CCCO1.[N-]=[N+]=[N-].[Na+]. The van der Waals surface area contributed by atoms with Crippen LogP contribution < -0.4 is 35.3 Å². The second-order valence-corrected chi connectivity index (χ2v) is 19.3. The Morgan fingerprint density at radius 1 is 0.701 bits per heavy atom. The molecule has 4 N–H and O–H groups in total. The molecule has 0 amide bonds. The molecule has 7 rings (SSSR count). The molecule has 0 aliphatic carbocycles. The number of aliphatic carboxylic acids is 1. The molecule has 6 aromatic carbocycles. The molecular formula is C58H77BCl2N7NaO7S. The van der Waals surface area contributed by atoms with Gasteiger partial charge in [0.2, 0.25) is 0 Å². The average Bonchev–Trinajstić information content (AvgIpc) is 3.94. The van der Waals surface area contributed by atoms with Gasteiger partial charge in [0.05, 0.1) is 22.8 Å². The maximum atomic E-state index is 12.1. The van der Waals surface area contributed by atoms with Crippen molar-refractivity contribution in [2.24, 2.45) is 10.8 Å². The van der Waals surface area contributed by atoms with E-state index in [1.807, 2.05) is 167 Å². The van der Waals surface area contributed by atoms with Crippen LogP contribution in [0.4, 0.5) is 0 Å². The number of aliphatic hydroxyl groups is 1. The first-order valence-corrected chi connectivity index (χ1v) is 26.7. The van der Waals surface area contributed by atoms with E-state index in [1.54, 1.807) is 31.2 Å². The number of aryl methyl sites for hydroxylation is 1. The monoisotopic (exact) mass is 1120 g/mol. The van der Waals surface area contributed by atoms with Crippen molar-refractivity contribution in [2.75, 3.05) is 38.2 Å². The minimum atomic E-state index is -3.68. The van der Waals surface area contributed by atoms with Crippen LogP contribution in [0.25, 0.3) is 26.4 Å². The third-order valence-electron chi connectivity index (χ3n) is 10.9. The molecule has 14 nitrogen and oxygen atoms in total. The van der Waals surface area contributed by atoms with Gasteiger partial charge >= 0.3 is 35.5 Å². The molecule has 2 radical (unpaired) electrons. The number of carboxylic acids is 1. The molecule has 6 atom stereocenters. The molecule has 1 saturated heterocycles. The Kier molecular flexibility index (Phi) is 47.4. The van der Waals surface area contributed by atoms with Gasteiger partial charge < -0.3 is 31.7 Å². The van der Waals surface area contributed by atoms with E-state index in [1.165, 1.54) is 21.6 Å². The van der Waals surface area contributed by atoms with Crippen LogP contribution in [-0.4, -0.2) is 76.7 Å². The van der Waals surface area contributed by atoms with Crippen LogP contribution in [-0.2, 0) is 23.8 Å². The topological polar surface area (TPSA) is 244 Å². The molecule has 1 aliphatic rings. The van der Waals surface area contributed by atoms with Crippen molar-refractivity contribution in [1.29, 1.82) is 0 Å². The van der Waals surface area contributed by atoms with Crippen LogP contribution >= 0.6 is 23.2 Å². The molecule has 410 valence electrons. The van der Waals surface area contributed by atoms with Crippen molar-refractivity contribution < 1.29 is 61.9 Å². The summed E-state index contributed by atoms with van der Waals surface area (Å²) in [6.07, 6.45) is 2.18. The number of carbonyl (C=O) groups is 1. The zero-order valence-electron chi connectivity index (χ0n) is 44.8. The van der Waals surface area contributed by atoms with Crippen molar-refractivity contribution in [3.63, 3.8) is 0 Å². The summed E-state index contributed by atoms with van der Waals surface area (Å²) in [5.41, 5.74) is 33.8. The summed E-state index contributed by atoms with van der Waals surface area (Å²) in [5.74, 6) is -0.103. The van der Waals surface area contributed by atoms with Gasteiger partial charge in [-0.15, -0.1) is 23.2 Å². The third kappa shape index (κ3) is 36.6.